The molecular weight excluding hydrogens is 410 g/mol. The first kappa shape index (κ1) is 19.4. The molecule has 0 saturated carbocycles. The number of thiophene rings is 1. The Kier molecular flexibility index (Phi) is 4.99. The van der Waals surface area contributed by atoms with Crippen molar-refractivity contribution in [1.82, 2.24) is 19.7 Å². The lowest BCUT2D eigenvalue weighted by atomic mass is 9.97. The van der Waals surface area contributed by atoms with Gasteiger partial charge in [-0.05, 0) is 55.7 Å². The fourth-order valence-corrected chi connectivity index (χ4v) is 4.56. The fourth-order valence-electron chi connectivity index (χ4n) is 3.88. The van der Waals surface area contributed by atoms with E-state index in [0.717, 1.165) is 47.4 Å². The third-order valence-corrected chi connectivity index (χ3v) is 6.39. The number of aryl methyl sites for hydroxylation is 2. The van der Waals surface area contributed by atoms with Crippen molar-refractivity contribution in [3.05, 3.63) is 80.6 Å². The van der Waals surface area contributed by atoms with Crippen LogP contribution >= 0.6 is 11.3 Å². The maximum Gasteiger partial charge on any atom is 0.257 e. The molecule has 5 rings (SSSR count). The highest BCUT2D eigenvalue weighted by Crippen LogP contribution is 2.28. The molecule has 0 fully saturated rings. The topological polar surface area (TPSA) is 92.7 Å². The van der Waals surface area contributed by atoms with E-state index in [1.165, 1.54) is 4.68 Å². The van der Waals surface area contributed by atoms with Crippen LogP contribution in [0, 0.1) is 6.92 Å². The quantitative estimate of drug-likeness (QED) is 0.508. The zero-order valence-electron chi connectivity index (χ0n) is 17.0. The predicted octanol–water partition coefficient (Wildman–Crippen LogP) is 4.12. The minimum atomic E-state index is -0.239. The minimum absolute atomic E-state index is 0.135. The van der Waals surface area contributed by atoms with Crippen LogP contribution in [0.25, 0.3) is 16.5 Å². The maximum atomic E-state index is 13.0. The summed E-state index contributed by atoms with van der Waals surface area (Å²) in [7, 11) is 0. The average Bonchev–Trinajstić information content (AvgIpc) is 3.44. The van der Waals surface area contributed by atoms with Crippen molar-refractivity contribution in [1.29, 1.82) is 0 Å². The molecule has 7 nitrogen and oxygen atoms in total. The predicted molar refractivity (Wildman–Crippen MR) is 121 cm³/mol. The number of carbonyl (C=O) groups excluding carboxylic acids is 1. The van der Waals surface area contributed by atoms with Crippen molar-refractivity contribution in [2.45, 2.75) is 32.6 Å². The number of amides is 1. The number of nitrogens with one attached hydrogen (secondary N) is 2. The SMILES string of the molecule is Cc1ccccc1C(=O)Nc1cc(-c2cccs2)nn1-c1nc2c(c(=O)[nH]1)CCCC2. The Balaban J connectivity index is 1.60. The number of aromatic amines is 1. The maximum absolute atomic E-state index is 13.0. The summed E-state index contributed by atoms with van der Waals surface area (Å²) >= 11 is 1.56. The van der Waals surface area contributed by atoms with Gasteiger partial charge in [-0.2, -0.15) is 9.78 Å². The number of hydrogen-bond acceptors (Lipinski definition) is 5. The zero-order chi connectivity index (χ0) is 21.4. The highest BCUT2D eigenvalue weighted by Gasteiger charge is 2.21. The van der Waals surface area contributed by atoms with Crippen molar-refractivity contribution in [3.63, 3.8) is 0 Å². The van der Waals surface area contributed by atoms with Gasteiger partial charge in [0.25, 0.3) is 11.5 Å². The second kappa shape index (κ2) is 7.96. The van der Waals surface area contributed by atoms with Gasteiger partial charge in [0, 0.05) is 17.2 Å². The number of benzene rings is 1. The third kappa shape index (κ3) is 3.70. The van der Waals surface area contributed by atoms with Gasteiger partial charge in [-0.1, -0.05) is 24.3 Å². The molecule has 4 aromatic rings. The Morgan fingerprint density at radius 1 is 1.16 bits per heavy atom. The monoisotopic (exact) mass is 431 g/mol. The summed E-state index contributed by atoms with van der Waals surface area (Å²) in [5, 5.41) is 9.59. The molecule has 1 aliphatic rings. The van der Waals surface area contributed by atoms with Crippen LogP contribution in [-0.2, 0) is 12.8 Å². The van der Waals surface area contributed by atoms with E-state index < -0.39 is 0 Å². The van der Waals surface area contributed by atoms with E-state index in [2.05, 4.69) is 15.4 Å². The molecule has 0 bridgehead atoms. The lowest BCUT2D eigenvalue weighted by Crippen LogP contribution is -2.25. The molecule has 3 aromatic heterocycles. The summed E-state index contributed by atoms with van der Waals surface area (Å²) in [6.07, 6.45) is 3.53. The van der Waals surface area contributed by atoms with E-state index in [-0.39, 0.29) is 11.5 Å². The Hall–Kier alpha value is -3.52. The number of H-pyrrole nitrogens is 1. The number of hydrogen-bond donors (Lipinski definition) is 2. The third-order valence-electron chi connectivity index (χ3n) is 5.49. The lowest BCUT2D eigenvalue weighted by Gasteiger charge is -2.15. The van der Waals surface area contributed by atoms with Gasteiger partial charge in [0.05, 0.1) is 10.6 Å². The highest BCUT2D eigenvalue weighted by atomic mass is 32.1. The molecule has 8 heteroatoms. The molecule has 2 N–H and O–H groups in total. The van der Waals surface area contributed by atoms with Gasteiger partial charge < -0.3 is 5.32 Å². The van der Waals surface area contributed by atoms with E-state index in [1.54, 1.807) is 23.5 Å². The Morgan fingerprint density at radius 2 is 2.00 bits per heavy atom. The van der Waals surface area contributed by atoms with Crippen LogP contribution in [0.15, 0.2) is 52.6 Å². The van der Waals surface area contributed by atoms with E-state index in [1.807, 2.05) is 42.6 Å². The standard InChI is InChI=1S/C23H21N5O2S/c1-14-7-2-3-8-15(14)21(29)25-20-13-18(19-11-6-12-31-19)27-28(20)23-24-17-10-5-4-9-16(17)22(30)26-23/h2-3,6-8,11-13H,4-5,9-10H2,1H3,(H,25,29)(H,24,26,30). The van der Waals surface area contributed by atoms with Crippen molar-refractivity contribution in [2.24, 2.45) is 0 Å². The van der Waals surface area contributed by atoms with E-state index in [4.69, 9.17) is 4.98 Å². The fraction of sp³-hybridized carbons (Fsp3) is 0.217. The molecule has 0 unspecified atom stereocenters. The number of anilines is 1. The summed E-state index contributed by atoms with van der Waals surface area (Å²) in [4.78, 5) is 34.2. The number of carbonyl (C=O) groups is 1. The van der Waals surface area contributed by atoms with E-state index >= 15 is 0 Å². The summed E-state index contributed by atoms with van der Waals surface area (Å²) in [6, 6.07) is 13.1. The molecule has 3 heterocycles. The van der Waals surface area contributed by atoms with Gasteiger partial charge in [-0.25, -0.2) is 4.98 Å². The summed E-state index contributed by atoms with van der Waals surface area (Å²) in [5.74, 6) is 0.529. The molecule has 0 radical (unpaired) electrons. The number of fused-ring (bicyclic) bond motifs is 1. The molecule has 0 spiro atoms. The van der Waals surface area contributed by atoms with Crippen LogP contribution < -0.4 is 10.9 Å². The average molecular weight is 432 g/mol. The van der Waals surface area contributed by atoms with Gasteiger partial charge in [0.1, 0.15) is 11.5 Å². The molecule has 0 aliphatic heterocycles. The molecule has 0 atom stereocenters. The molecule has 156 valence electrons. The highest BCUT2D eigenvalue weighted by molar-refractivity contribution is 7.13. The first-order chi connectivity index (χ1) is 15.1. The lowest BCUT2D eigenvalue weighted by molar-refractivity contribution is 0.102. The first-order valence-electron chi connectivity index (χ1n) is 10.2. The molecule has 1 aliphatic carbocycles. The van der Waals surface area contributed by atoms with Crippen molar-refractivity contribution in [2.75, 3.05) is 5.32 Å². The van der Waals surface area contributed by atoms with Gasteiger partial charge in [0.15, 0.2) is 0 Å². The zero-order valence-corrected chi connectivity index (χ0v) is 17.8. The summed E-state index contributed by atoms with van der Waals surface area (Å²) in [6.45, 7) is 1.89. The molecular formula is C23H21N5O2S. The Morgan fingerprint density at radius 3 is 2.81 bits per heavy atom. The Labute approximate surface area is 182 Å². The van der Waals surface area contributed by atoms with Crippen molar-refractivity contribution < 1.29 is 4.79 Å². The van der Waals surface area contributed by atoms with Crippen LogP contribution in [0.4, 0.5) is 5.82 Å². The summed E-state index contributed by atoms with van der Waals surface area (Å²) < 4.78 is 1.52. The largest absolute Gasteiger partial charge is 0.306 e. The number of nitrogens with zero attached hydrogens (tertiary/aromatic N) is 3. The second-order valence-corrected chi connectivity index (χ2v) is 8.54. The van der Waals surface area contributed by atoms with Crippen molar-refractivity contribution in [3.8, 4) is 16.5 Å². The van der Waals surface area contributed by atoms with Crippen molar-refractivity contribution >= 4 is 23.1 Å². The van der Waals surface area contributed by atoms with Gasteiger partial charge >= 0.3 is 0 Å². The molecule has 1 aromatic carbocycles. The first-order valence-corrected chi connectivity index (χ1v) is 11.1. The van der Waals surface area contributed by atoms with Gasteiger partial charge in [0.2, 0.25) is 5.95 Å². The van der Waals surface area contributed by atoms with E-state index in [0.29, 0.717) is 23.0 Å². The smallest absolute Gasteiger partial charge is 0.257 e. The molecule has 1 amide bonds. The summed E-state index contributed by atoms with van der Waals surface area (Å²) in [5.41, 5.74) is 3.60. The van der Waals surface area contributed by atoms with Gasteiger partial charge in [-0.3, -0.25) is 14.6 Å². The van der Waals surface area contributed by atoms with E-state index in [9.17, 15) is 9.59 Å². The second-order valence-electron chi connectivity index (χ2n) is 7.59. The van der Waals surface area contributed by atoms with Crippen LogP contribution in [0.1, 0.15) is 40.0 Å². The normalized spacial score (nSPS) is 13.1. The van der Waals surface area contributed by atoms with Crippen LogP contribution in [0.5, 0.6) is 0 Å². The minimum Gasteiger partial charge on any atom is -0.306 e. The number of aromatic nitrogens is 4. The van der Waals surface area contributed by atoms with Gasteiger partial charge in [-0.15, -0.1) is 11.3 Å². The molecule has 31 heavy (non-hydrogen) atoms. The van der Waals surface area contributed by atoms with Crippen LogP contribution in [0.3, 0.4) is 0 Å². The van der Waals surface area contributed by atoms with Crippen LogP contribution in [0.2, 0.25) is 0 Å². The molecule has 0 saturated heterocycles. The van der Waals surface area contributed by atoms with Crippen LogP contribution in [-0.4, -0.2) is 25.7 Å². The number of rotatable bonds is 4. The Bertz CT molecular complexity index is 1320.